The summed E-state index contributed by atoms with van der Waals surface area (Å²) in [6, 6.07) is 1.81. The van der Waals surface area contributed by atoms with E-state index in [2.05, 4.69) is 20.4 Å². The molecule has 3 rings (SSSR count). The van der Waals surface area contributed by atoms with Gasteiger partial charge in [0.1, 0.15) is 17.9 Å². The fourth-order valence-electron chi connectivity index (χ4n) is 2.36. The highest BCUT2D eigenvalue weighted by Gasteiger charge is 2.30. The first kappa shape index (κ1) is 15.8. The minimum Gasteiger partial charge on any atom is -0.353 e. The molecule has 3 amide bonds. The maximum Gasteiger partial charge on any atom is 0.240 e. The van der Waals surface area contributed by atoms with Gasteiger partial charge in [-0.3, -0.25) is 33.9 Å². The summed E-state index contributed by atoms with van der Waals surface area (Å²) in [7, 11) is 0. The van der Waals surface area contributed by atoms with Gasteiger partial charge in [0.25, 0.3) is 0 Å². The predicted molar refractivity (Wildman–Crippen MR) is 82.2 cm³/mol. The second-order valence-electron chi connectivity index (χ2n) is 5.28. The number of imide groups is 1. The minimum absolute atomic E-state index is 0.185. The maximum atomic E-state index is 11.8. The van der Waals surface area contributed by atoms with Gasteiger partial charge in [0.15, 0.2) is 0 Å². The molecule has 0 radical (unpaired) electrons. The van der Waals surface area contributed by atoms with Crippen LogP contribution in [0.1, 0.15) is 12.8 Å². The molecule has 0 unspecified atom stereocenters. The van der Waals surface area contributed by atoms with Gasteiger partial charge in [-0.15, -0.1) is 0 Å². The highest BCUT2D eigenvalue weighted by molar-refractivity contribution is 6.04. The van der Waals surface area contributed by atoms with Gasteiger partial charge in [-0.05, 0) is 6.07 Å². The molecule has 0 bridgehead atoms. The van der Waals surface area contributed by atoms with Crippen molar-refractivity contribution in [2.24, 2.45) is 0 Å². The lowest BCUT2D eigenvalue weighted by Gasteiger charge is -2.13. The molecular formula is C15H16N6O3. The lowest BCUT2D eigenvalue weighted by Crippen LogP contribution is -2.40. The summed E-state index contributed by atoms with van der Waals surface area (Å²) in [5, 5.41) is 7.02. The zero-order valence-electron chi connectivity index (χ0n) is 12.9. The van der Waals surface area contributed by atoms with E-state index in [1.807, 2.05) is 6.07 Å². The Labute approximate surface area is 137 Å². The molecule has 1 fully saturated rings. The van der Waals surface area contributed by atoms with Crippen LogP contribution in [0, 0.1) is 0 Å². The average Bonchev–Trinajstić information content (AvgIpc) is 3.18. The van der Waals surface area contributed by atoms with Crippen molar-refractivity contribution in [1.82, 2.24) is 30.0 Å². The number of carbonyl (C=O) groups excluding carboxylic acids is 3. The Bertz CT molecular complexity index is 742. The summed E-state index contributed by atoms with van der Waals surface area (Å²) in [5.41, 5.74) is 1.37. The number of nitrogens with zero attached hydrogens (tertiary/aromatic N) is 5. The van der Waals surface area contributed by atoms with Crippen LogP contribution in [-0.4, -0.2) is 55.5 Å². The second kappa shape index (κ2) is 6.99. The third-order valence-electron chi connectivity index (χ3n) is 3.59. The van der Waals surface area contributed by atoms with Crippen LogP contribution >= 0.6 is 0 Å². The highest BCUT2D eigenvalue weighted by atomic mass is 16.2. The van der Waals surface area contributed by atoms with Crippen molar-refractivity contribution in [3.8, 4) is 11.4 Å². The van der Waals surface area contributed by atoms with Crippen LogP contribution in [0.4, 0.5) is 0 Å². The topological polar surface area (TPSA) is 110 Å². The molecular weight excluding hydrogens is 312 g/mol. The third kappa shape index (κ3) is 3.62. The Morgan fingerprint density at radius 2 is 1.96 bits per heavy atom. The van der Waals surface area contributed by atoms with Crippen molar-refractivity contribution < 1.29 is 14.4 Å². The van der Waals surface area contributed by atoms with E-state index >= 15 is 0 Å². The molecule has 0 aromatic carbocycles. The quantitative estimate of drug-likeness (QED) is 0.723. The van der Waals surface area contributed by atoms with Gasteiger partial charge in [0, 0.05) is 38.0 Å². The Morgan fingerprint density at radius 3 is 2.67 bits per heavy atom. The Balaban J connectivity index is 1.47. The molecule has 2 aromatic heterocycles. The van der Waals surface area contributed by atoms with Crippen molar-refractivity contribution >= 4 is 17.7 Å². The number of hydrogen-bond donors (Lipinski definition) is 1. The number of amides is 3. The highest BCUT2D eigenvalue weighted by Crippen LogP contribution is 2.12. The molecule has 1 saturated heterocycles. The number of aromatic nitrogens is 4. The normalized spacial score (nSPS) is 14.2. The molecule has 0 aliphatic carbocycles. The van der Waals surface area contributed by atoms with E-state index in [0.29, 0.717) is 24.5 Å². The molecule has 1 aliphatic heterocycles. The molecule has 3 heterocycles. The van der Waals surface area contributed by atoms with Crippen LogP contribution in [0.3, 0.4) is 0 Å². The molecule has 0 saturated carbocycles. The maximum absolute atomic E-state index is 11.8. The van der Waals surface area contributed by atoms with E-state index < -0.39 is 0 Å². The first-order valence-corrected chi connectivity index (χ1v) is 7.53. The standard InChI is InChI=1S/C15H16N6O3/c22-13(10-21-14(23)1-2-15(21)24)18-6-8-20-7-3-11(19-20)12-9-16-4-5-17-12/h3-5,7,9H,1-2,6,8,10H2,(H,18,22). The van der Waals surface area contributed by atoms with E-state index in [1.54, 1.807) is 29.5 Å². The molecule has 1 N–H and O–H groups in total. The molecule has 1 aliphatic rings. The Morgan fingerprint density at radius 1 is 1.17 bits per heavy atom. The summed E-state index contributed by atoms with van der Waals surface area (Å²) >= 11 is 0. The van der Waals surface area contributed by atoms with E-state index in [1.165, 1.54) is 0 Å². The summed E-state index contributed by atoms with van der Waals surface area (Å²) in [6.07, 6.45) is 6.96. The largest absolute Gasteiger partial charge is 0.353 e. The van der Waals surface area contributed by atoms with Gasteiger partial charge >= 0.3 is 0 Å². The van der Waals surface area contributed by atoms with Crippen LogP contribution in [0.15, 0.2) is 30.9 Å². The van der Waals surface area contributed by atoms with Gasteiger partial charge in [-0.1, -0.05) is 0 Å². The SMILES string of the molecule is O=C(CN1C(=O)CCC1=O)NCCn1ccc(-c2cnccn2)n1. The van der Waals surface area contributed by atoms with Gasteiger partial charge < -0.3 is 5.32 Å². The summed E-state index contributed by atoms with van der Waals surface area (Å²) in [6.45, 7) is 0.589. The number of rotatable bonds is 6. The number of nitrogens with one attached hydrogen (secondary N) is 1. The molecule has 2 aromatic rings. The molecule has 0 spiro atoms. The zero-order valence-corrected chi connectivity index (χ0v) is 12.9. The zero-order chi connectivity index (χ0) is 16.9. The van der Waals surface area contributed by atoms with Gasteiger partial charge in [-0.25, -0.2) is 0 Å². The van der Waals surface area contributed by atoms with E-state index in [-0.39, 0.29) is 37.1 Å². The fourth-order valence-corrected chi connectivity index (χ4v) is 2.36. The van der Waals surface area contributed by atoms with Gasteiger partial charge in [0.2, 0.25) is 17.7 Å². The molecule has 124 valence electrons. The lowest BCUT2D eigenvalue weighted by atomic mass is 10.3. The van der Waals surface area contributed by atoms with Crippen LogP contribution < -0.4 is 5.32 Å². The number of likely N-dealkylation sites (tertiary alicyclic amines) is 1. The van der Waals surface area contributed by atoms with Crippen molar-refractivity contribution in [1.29, 1.82) is 0 Å². The summed E-state index contributed by atoms with van der Waals surface area (Å²) in [5.74, 6) is -0.952. The van der Waals surface area contributed by atoms with Crippen molar-refractivity contribution in [2.45, 2.75) is 19.4 Å². The minimum atomic E-state index is -0.361. The second-order valence-corrected chi connectivity index (χ2v) is 5.28. The molecule has 9 nitrogen and oxygen atoms in total. The van der Waals surface area contributed by atoms with E-state index in [4.69, 9.17) is 0 Å². The first-order chi connectivity index (χ1) is 11.6. The Kier molecular flexibility index (Phi) is 4.59. The van der Waals surface area contributed by atoms with Gasteiger partial charge in [-0.2, -0.15) is 5.10 Å². The van der Waals surface area contributed by atoms with Crippen molar-refractivity contribution in [2.75, 3.05) is 13.1 Å². The lowest BCUT2D eigenvalue weighted by molar-refractivity contribution is -0.142. The van der Waals surface area contributed by atoms with Gasteiger partial charge in [0.05, 0.1) is 12.7 Å². The fraction of sp³-hybridized carbons (Fsp3) is 0.333. The summed E-state index contributed by atoms with van der Waals surface area (Å²) < 4.78 is 1.68. The van der Waals surface area contributed by atoms with E-state index in [9.17, 15) is 14.4 Å². The van der Waals surface area contributed by atoms with Crippen LogP contribution in [0.2, 0.25) is 0 Å². The summed E-state index contributed by atoms with van der Waals surface area (Å²) in [4.78, 5) is 43.9. The monoisotopic (exact) mass is 328 g/mol. The van der Waals surface area contributed by atoms with E-state index in [0.717, 1.165) is 4.90 Å². The Hall–Kier alpha value is -3.10. The molecule has 0 atom stereocenters. The molecule has 24 heavy (non-hydrogen) atoms. The predicted octanol–water partition coefficient (Wildman–Crippen LogP) is -0.395. The molecule has 9 heteroatoms. The van der Waals surface area contributed by atoms with Crippen molar-refractivity contribution in [3.05, 3.63) is 30.9 Å². The third-order valence-corrected chi connectivity index (χ3v) is 3.59. The number of carbonyl (C=O) groups is 3. The average molecular weight is 328 g/mol. The number of hydrogen-bond acceptors (Lipinski definition) is 6. The van der Waals surface area contributed by atoms with Crippen LogP contribution in [0.5, 0.6) is 0 Å². The smallest absolute Gasteiger partial charge is 0.240 e. The van der Waals surface area contributed by atoms with Crippen molar-refractivity contribution in [3.63, 3.8) is 0 Å². The van der Waals surface area contributed by atoms with Crippen LogP contribution in [0.25, 0.3) is 11.4 Å². The van der Waals surface area contributed by atoms with Crippen LogP contribution in [-0.2, 0) is 20.9 Å². The first-order valence-electron chi connectivity index (χ1n) is 7.53.